The summed E-state index contributed by atoms with van der Waals surface area (Å²) in [7, 11) is 1.55. The van der Waals surface area contributed by atoms with Crippen molar-refractivity contribution < 1.29 is 18.7 Å². The lowest BCUT2D eigenvalue weighted by Crippen LogP contribution is -2.07. The highest BCUT2D eigenvalue weighted by Gasteiger charge is 2.06. The van der Waals surface area contributed by atoms with Crippen LogP contribution in [0.15, 0.2) is 72.8 Å². The highest BCUT2D eigenvalue weighted by molar-refractivity contribution is 6.30. The average molecular weight is 412 g/mol. The maximum atomic E-state index is 12.9. The lowest BCUT2D eigenvalue weighted by Gasteiger charge is -2.11. The van der Waals surface area contributed by atoms with E-state index in [1.54, 1.807) is 25.3 Å². The van der Waals surface area contributed by atoms with Gasteiger partial charge in [0.05, 0.1) is 7.11 Å². The smallest absolute Gasteiger partial charge is 0.248 e. The summed E-state index contributed by atoms with van der Waals surface area (Å²) in [6.07, 6.45) is 3.05. The van der Waals surface area contributed by atoms with E-state index in [1.807, 2.05) is 30.3 Å². The predicted octanol–water partition coefficient (Wildman–Crippen LogP) is 5.72. The zero-order valence-corrected chi connectivity index (χ0v) is 16.4. The van der Waals surface area contributed by atoms with Crippen LogP contribution in [-0.4, -0.2) is 13.0 Å². The minimum atomic E-state index is -0.357. The van der Waals surface area contributed by atoms with Crippen LogP contribution >= 0.6 is 11.6 Å². The second-order valence-corrected chi connectivity index (χ2v) is 6.59. The number of methoxy groups -OCH3 is 1. The van der Waals surface area contributed by atoms with Gasteiger partial charge < -0.3 is 14.8 Å². The van der Waals surface area contributed by atoms with Crippen molar-refractivity contribution in [3.8, 4) is 11.5 Å². The highest BCUT2D eigenvalue weighted by Crippen LogP contribution is 2.29. The molecule has 3 aromatic carbocycles. The number of carbonyl (C=O) groups excluding carboxylic acids is 1. The molecule has 0 spiro atoms. The molecule has 6 heteroatoms. The number of rotatable bonds is 7. The summed E-state index contributed by atoms with van der Waals surface area (Å²) in [4.78, 5) is 12.0. The van der Waals surface area contributed by atoms with Gasteiger partial charge in [-0.3, -0.25) is 4.79 Å². The van der Waals surface area contributed by atoms with Crippen molar-refractivity contribution >= 4 is 29.3 Å². The molecule has 148 valence electrons. The van der Waals surface area contributed by atoms with E-state index >= 15 is 0 Å². The van der Waals surface area contributed by atoms with Crippen molar-refractivity contribution in [2.24, 2.45) is 0 Å². The third kappa shape index (κ3) is 6.09. The summed E-state index contributed by atoms with van der Waals surface area (Å²) in [5, 5.41) is 3.34. The van der Waals surface area contributed by atoms with E-state index in [9.17, 15) is 9.18 Å². The number of amides is 1. The highest BCUT2D eigenvalue weighted by atomic mass is 35.5. The van der Waals surface area contributed by atoms with Crippen LogP contribution in [0.3, 0.4) is 0 Å². The fourth-order valence-electron chi connectivity index (χ4n) is 2.54. The third-order valence-corrected chi connectivity index (χ3v) is 4.29. The number of carbonyl (C=O) groups is 1. The summed E-state index contributed by atoms with van der Waals surface area (Å²) in [6, 6.07) is 18.3. The van der Waals surface area contributed by atoms with Gasteiger partial charge in [-0.1, -0.05) is 29.8 Å². The molecule has 0 aliphatic heterocycles. The first kappa shape index (κ1) is 20.4. The van der Waals surface area contributed by atoms with Crippen LogP contribution in [-0.2, 0) is 11.4 Å². The number of benzene rings is 3. The molecule has 1 N–H and O–H groups in total. The number of anilines is 1. The Morgan fingerprint density at radius 2 is 1.76 bits per heavy atom. The van der Waals surface area contributed by atoms with Crippen molar-refractivity contribution in [3.63, 3.8) is 0 Å². The third-order valence-electron chi connectivity index (χ3n) is 4.03. The fourth-order valence-corrected chi connectivity index (χ4v) is 2.66. The Hall–Kier alpha value is -3.31. The van der Waals surface area contributed by atoms with Crippen molar-refractivity contribution in [3.05, 3.63) is 94.8 Å². The topological polar surface area (TPSA) is 47.6 Å². The number of nitrogens with one attached hydrogen (secondary N) is 1. The Morgan fingerprint density at radius 1 is 1.03 bits per heavy atom. The Labute approximate surface area is 173 Å². The minimum absolute atomic E-state index is 0.321. The van der Waals surface area contributed by atoms with E-state index in [4.69, 9.17) is 21.1 Å². The number of ether oxygens (including phenoxy) is 2. The predicted molar refractivity (Wildman–Crippen MR) is 113 cm³/mol. The quantitative estimate of drug-likeness (QED) is 0.506. The van der Waals surface area contributed by atoms with Crippen molar-refractivity contribution in [1.82, 2.24) is 0 Å². The molecule has 0 bridgehead atoms. The van der Waals surface area contributed by atoms with Gasteiger partial charge in [0.1, 0.15) is 12.4 Å². The fraction of sp³-hybridized carbons (Fsp3) is 0.0870. The molecule has 0 atom stereocenters. The first-order chi connectivity index (χ1) is 14.0. The van der Waals surface area contributed by atoms with Gasteiger partial charge in [-0.2, -0.15) is 0 Å². The summed E-state index contributed by atoms with van der Waals surface area (Å²) in [5.41, 5.74) is 2.28. The zero-order valence-electron chi connectivity index (χ0n) is 15.7. The molecule has 0 saturated heterocycles. The van der Waals surface area contributed by atoms with Gasteiger partial charge in [-0.15, -0.1) is 0 Å². The Bertz CT molecular complexity index is 1000. The van der Waals surface area contributed by atoms with E-state index in [1.165, 1.54) is 30.3 Å². The van der Waals surface area contributed by atoms with Crippen LogP contribution in [0.4, 0.5) is 10.1 Å². The molecule has 0 fully saturated rings. The van der Waals surface area contributed by atoms with E-state index in [-0.39, 0.29) is 11.7 Å². The number of halogens is 2. The van der Waals surface area contributed by atoms with Gasteiger partial charge in [0.25, 0.3) is 0 Å². The SMILES string of the molecule is COc1cc(/C=C/C(=O)Nc2ccc(F)cc2)ccc1OCc1ccc(Cl)cc1. The van der Waals surface area contributed by atoms with Crippen molar-refractivity contribution in [2.75, 3.05) is 12.4 Å². The van der Waals surface area contributed by atoms with Gasteiger partial charge in [-0.25, -0.2) is 4.39 Å². The first-order valence-corrected chi connectivity index (χ1v) is 9.21. The second kappa shape index (κ2) is 9.75. The number of hydrogen-bond donors (Lipinski definition) is 1. The normalized spacial score (nSPS) is 10.7. The number of hydrogen-bond acceptors (Lipinski definition) is 3. The molecule has 0 saturated carbocycles. The lowest BCUT2D eigenvalue weighted by atomic mass is 10.2. The summed E-state index contributed by atoms with van der Waals surface area (Å²) < 4.78 is 24.1. The van der Waals surface area contributed by atoms with Crippen LogP contribution in [0.2, 0.25) is 5.02 Å². The Morgan fingerprint density at radius 3 is 2.45 bits per heavy atom. The zero-order chi connectivity index (χ0) is 20.6. The van der Waals surface area contributed by atoms with Crippen LogP contribution in [0.1, 0.15) is 11.1 Å². The molecular weight excluding hydrogens is 393 g/mol. The lowest BCUT2D eigenvalue weighted by molar-refractivity contribution is -0.111. The molecule has 1 amide bonds. The van der Waals surface area contributed by atoms with Crippen LogP contribution < -0.4 is 14.8 Å². The molecule has 0 aliphatic rings. The Kier molecular flexibility index (Phi) is 6.87. The van der Waals surface area contributed by atoms with Crippen molar-refractivity contribution in [2.45, 2.75) is 6.61 Å². The van der Waals surface area contributed by atoms with E-state index in [2.05, 4.69) is 5.32 Å². The maximum absolute atomic E-state index is 12.9. The standard InChI is InChI=1S/C23H19ClFNO3/c1-28-22-14-16(5-13-23(27)26-20-10-8-19(25)9-11-20)4-12-21(22)29-15-17-2-6-18(24)7-3-17/h2-14H,15H2,1H3,(H,26,27)/b13-5+. The molecule has 3 aromatic rings. The molecule has 0 heterocycles. The molecular formula is C23H19ClFNO3. The monoisotopic (exact) mass is 411 g/mol. The molecule has 4 nitrogen and oxygen atoms in total. The van der Waals surface area contributed by atoms with Crippen LogP contribution in [0.5, 0.6) is 11.5 Å². The van der Waals surface area contributed by atoms with Crippen LogP contribution in [0.25, 0.3) is 6.08 Å². The molecule has 0 aromatic heterocycles. The van der Waals surface area contributed by atoms with Gasteiger partial charge >= 0.3 is 0 Å². The van der Waals surface area contributed by atoms with E-state index < -0.39 is 0 Å². The van der Waals surface area contributed by atoms with Gasteiger partial charge in [-0.05, 0) is 65.7 Å². The summed E-state index contributed by atoms with van der Waals surface area (Å²) >= 11 is 5.89. The molecule has 0 radical (unpaired) electrons. The Balaban J connectivity index is 1.62. The van der Waals surface area contributed by atoms with E-state index in [0.29, 0.717) is 28.8 Å². The molecule has 29 heavy (non-hydrogen) atoms. The molecule has 0 aliphatic carbocycles. The largest absolute Gasteiger partial charge is 0.493 e. The summed E-state index contributed by atoms with van der Waals surface area (Å²) in [6.45, 7) is 0.378. The first-order valence-electron chi connectivity index (χ1n) is 8.83. The average Bonchev–Trinajstić information content (AvgIpc) is 2.74. The molecule has 0 unspecified atom stereocenters. The van der Waals surface area contributed by atoms with E-state index in [0.717, 1.165) is 11.1 Å². The van der Waals surface area contributed by atoms with Crippen molar-refractivity contribution in [1.29, 1.82) is 0 Å². The van der Waals surface area contributed by atoms with Crippen LogP contribution in [0, 0.1) is 5.82 Å². The minimum Gasteiger partial charge on any atom is -0.493 e. The molecule has 3 rings (SSSR count). The summed E-state index contributed by atoms with van der Waals surface area (Å²) in [5.74, 6) is 0.470. The van der Waals surface area contributed by atoms with Gasteiger partial charge in [0.2, 0.25) is 5.91 Å². The van der Waals surface area contributed by atoms with Gasteiger partial charge in [0, 0.05) is 16.8 Å². The second-order valence-electron chi connectivity index (χ2n) is 6.15. The maximum Gasteiger partial charge on any atom is 0.248 e. The van der Waals surface area contributed by atoms with Gasteiger partial charge in [0.15, 0.2) is 11.5 Å².